The van der Waals surface area contributed by atoms with Gasteiger partial charge in [0.15, 0.2) is 0 Å². The summed E-state index contributed by atoms with van der Waals surface area (Å²) < 4.78 is 0. The Bertz CT molecular complexity index is 1350. The molecule has 43 heavy (non-hydrogen) atoms. The van der Waals surface area contributed by atoms with Crippen LogP contribution in [0, 0.1) is 0 Å². The maximum Gasteiger partial charge on any atom is 0.0681 e. The molecule has 0 saturated heterocycles. The molecular weight excluding hydrogens is 660 g/mol. The first-order chi connectivity index (χ1) is 21.1. The van der Waals surface area contributed by atoms with Crippen LogP contribution in [-0.2, 0) is 18.6 Å². The van der Waals surface area contributed by atoms with Crippen LogP contribution >= 0.6 is 31.9 Å². The number of unbranched alkanes of at least 4 members (excludes halogenated alkanes) is 6. The Labute approximate surface area is 274 Å². The van der Waals surface area contributed by atoms with E-state index in [-0.39, 0.29) is 18.6 Å². The summed E-state index contributed by atoms with van der Waals surface area (Å²) in [7, 11) is 0. The molecule has 0 atom stereocenters. The van der Waals surface area contributed by atoms with E-state index < -0.39 is 0 Å². The van der Waals surface area contributed by atoms with Crippen LogP contribution in [0.3, 0.4) is 0 Å². The zero-order valence-corrected chi connectivity index (χ0v) is 28.3. The summed E-state index contributed by atoms with van der Waals surface area (Å²) in [5.74, 6) is 0. The van der Waals surface area contributed by atoms with E-state index in [1.54, 1.807) is 0 Å². The fourth-order valence-electron chi connectivity index (χ4n) is 6.87. The zero-order valence-electron chi connectivity index (χ0n) is 25.1. The monoisotopic (exact) mass is 702 g/mol. The standard InChI is InChI=1S/C39H44Br2O2/c40-23-7-3-1-5-21-39(22-6-2-4-8-24-41)37-25-33(31-13-9-29(27-42)10-14-31)17-19-35(37)36-20-18-34(26-38(36)39)32-15-11-30(28-43)12-16-32/h9-20,25-26,42-43H,1-8,21-24,27-28H2. The van der Waals surface area contributed by atoms with Crippen LogP contribution in [0.15, 0.2) is 84.9 Å². The molecule has 4 heteroatoms. The molecule has 0 aromatic heterocycles. The lowest BCUT2D eigenvalue weighted by Crippen LogP contribution is -2.25. The molecule has 0 spiro atoms. The van der Waals surface area contributed by atoms with Crippen molar-refractivity contribution in [2.24, 2.45) is 0 Å². The molecule has 0 unspecified atom stereocenters. The second-order valence-electron chi connectivity index (χ2n) is 12.0. The van der Waals surface area contributed by atoms with E-state index in [2.05, 4.69) is 92.5 Å². The van der Waals surface area contributed by atoms with E-state index in [0.29, 0.717) is 0 Å². The third kappa shape index (κ3) is 7.36. The minimum Gasteiger partial charge on any atom is -0.392 e. The van der Waals surface area contributed by atoms with Gasteiger partial charge in [-0.2, -0.15) is 0 Å². The number of hydrogen-bond donors (Lipinski definition) is 2. The van der Waals surface area contributed by atoms with Crippen LogP contribution in [-0.4, -0.2) is 20.9 Å². The molecule has 1 aliphatic carbocycles. The molecule has 1 aliphatic rings. The van der Waals surface area contributed by atoms with Crippen LogP contribution in [0.4, 0.5) is 0 Å². The second kappa shape index (κ2) is 15.7. The van der Waals surface area contributed by atoms with Crippen molar-refractivity contribution >= 4 is 31.9 Å². The van der Waals surface area contributed by atoms with Crippen molar-refractivity contribution in [1.29, 1.82) is 0 Å². The molecule has 0 heterocycles. The number of rotatable bonds is 16. The lowest BCUT2D eigenvalue weighted by molar-refractivity contribution is 0.281. The lowest BCUT2D eigenvalue weighted by atomic mass is 9.70. The Hall–Kier alpha value is -2.24. The summed E-state index contributed by atoms with van der Waals surface area (Å²) in [4.78, 5) is 0. The predicted octanol–water partition coefficient (Wildman–Crippen LogP) is 11.0. The minimum absolute atomic E-state index is 0.0183. The second-order valence-corrected chi connectivity index (χ2v) is 13.6. The van der Waals surface area contributed by atoms with Crippen LogP contribution in [0.25, 0.3) is 33.4 Å². The molecule has 4 aromatic carbocycles. The number of fused-ring (bicyclic) bond motifs is 3. The third-order valence-corrected chi connectivity index (χ3v) is 10.4. The molecule has 0 radical (unpaired) electrons. The quantitative estimate of drug-likeness (QED) is 0.0901. The van der Waals surface area contributed by atoms with Gasteiger partial charge < -0.3 is 10.2 Å². The summed E-state index contributed by atoms with van der Waals surface area (Å²) in [6.45, 7) is 0.135. The number of benzene rings is 4. The van der Waals surface area contributed by atoms with Crippen LogP contribution in [0.5, 0.6) is 0 Å². The molecule has 226 valence electrons. The topological polar surface area (TPSA) is 40.5 Å². The highest BCUT2D eigenvalue weighted by atomic mass is 79.9. The average molecular weight is 705 g/mol. The molecule has 4 aromatic rings. The summed E-state index contributed by atoms with van der Waals surface area (Å²) in [5, 5.41) is 21.3. The van der Waals surface area contributed by atoms with Gasteiger partial charge in [0.05, 0.1) is 13.2 Å². The van der Waals surface area contributed by atoms with Gasteiger partial charge in [-0.1, -0.05) is 143 Å². The Balaban J connectivity index is 1.60. The number of aliphatic hydroxyl groups is 2. The van der Waals surface area contributed by atoms with Gasteiger partial charge in [0.1, 0.15) is 0 Å². The smallest absolute Gasteiger partial charge is 0.0681 e. The highest BCUT2D eigenvalue weighted by Crippen LogP contribution is 2.55. The Morgan fingerprint density at radius 3 is 1.19 bits per heavy atom. The Morgan fingerprint density at radius 1 is 0.442 bits per heavy atom. The summed E-state index contributed by atoms with van der Waals surface area (Å²) >= 11 is 7.25. The van der Waals surface area contributed by atoms with Gasteiger partial charge in [-0.15, -0.1) is 0 Å². The molecule has 0 bridgehead atoms. The van der Waals surface area contributed by atoms with Crippen molar-refractivity contribution in [2.45, 2.75) is 82.8 Å². The van der Waals surface area contributed by atoms with Crippen molar-refractivity contribution < 1.29 is 10.2 Å². The lowest BCUT2D eigenvalue weighted by Gasteiger charge is -2.33. The Morgan fingerprint density at radius 2 is 0.814 bits per heavy atom. The maximum atomic E-state index is 9.58. The molecule has 0 aliphatic heterocycles. The maximum absolute atomic E-state index is 9.58. The highest BCUT2D eigenvalue weighted by Gasteiger charge is 2.42. The summed E-state index contributed by atoms with van der Waals surface area (Å²) in [6, 6.07) is 31.0. The number of hydrogen-bond acceptors (Lipinski definition) is 2. The van der Waals surface area contributed by atoms with Gasteiger partial charge in [-0.25, -0.2) is 0 Å². The normalized spacial score (nSPS) is 13.2. The van der Waals surface area contributed by atoms with Crippen LogP contribution < -0.4 is 0 Å². The SMILES string of the molecule is OCc1ccc(-c2ccc3c(c2)C(CCCCCCBr)(CCCCCCBr)c2cc(-c4ccc(CO)cc4)ccc2-3)cc1. The van der Waals surface area contributed by atoms with E-state index in [1.165, 1.54) is 95.9 Å². The molecule has 2 N–H and O–H groups in total. The molecule has 0 fully saturated rings. The molecule has 5 rings (SSSR count). The fourth-order valence-corrected chi connectivity index (χ4v) is 7.67. The largest absolute Gasteiger partial charge is 0.392 e. The van der Waals surface area contributed by atoms with Gasteiger partial charge >= 0.3 is 0 Å². The summed E-state index contributed by atoms with van der Waals surface area (Å²) in [6.07, 6.45) is 12.3. The van der Waals surface area contributed by atoms with Gasteiger partial charge in [0.2, 0.25) is 0 Å². The van der Waals surface area contributed by atoms with Crippen molar-refractivity contribution in [3.8, 4) is 33.4 Å². The highest BCUT2D eigenvalue weighted by molar-refractivity contribution is 9.09. The number of alkyl halides is 2. The van der Waals surface area contributed by atoms with Crippen molar-refractivity contribution in [2.75, 3.05) is 10.7 Å². The first-order valence-electron chi connectivity index (χ1n) is 15.9. The number of aliphatic hydroxyl groups excluding tert-OH is 2. The van der Waals surface area contributed by atoms with E-state index in [0.717, 1.165) is 34.6 Å². The van der Waals surface area contributed by atoms with Gasteiger partial charge in [-0.05, 0) is 93.5 Å². The molecule has 2 nitrogen and oxygen atoms in total. The van der Waals surface area contributed by atoms with E-state index in [9.17, 15) is 10.2 Å². The molecular formula is C39H44Br2O2. The van der Waals surface area contributed by atoms with Crippen LogP contribution in [0.1, 0.15) is 86.5 Å². The van der Waals surface area contributed by atoms with E-state index in [1.807, 2.05) is 24.3 Å². The fraction of sp³-hybridized carbons (Fsp3) is 0.385. The molecule has 0 amide bonds. The molecule has 0 saturated carbocycles. The third-order valence-electron chi connectivity index (χ3n) is 9.27. The van der Waals surface area contributed by atoms with Crippen LogP contribution in [0.2, 0.25) is 0 Å². The van der Waals surface area contributed by atoms with E-state index >= 15 is 0 Å². The van der Waals surface area contributed by atoms with Gasteiger partial charge in [0.25, 0.3) is 0 Å². The first kappa shape index (κ1) is 32.2. The predicted molar refractivity (Wildman–Crippen MR) is 189 cm³/mol. The zero-order chi connectivity index (χ0) is 30.1. The van der Waals surface area contributed by atoms with Crippen molar-refractivity contribution in [3.63, 3.8) is 0 Å². The Kier molecular flexibility index (Phi) is 11.7. The summed E-state index contributed by atoms with van der Waals surface area (Å²) in [5.41, 5.74) is 12.5. The van der Waals surface area contributed by atoms with Gasteiger partial charge in [0, 0.05) is 16.1 Å². The van der Waals surface area contributed by atoms with E-state index in [4.69, 9.17) is 0 Å². The van der Waals surface area contributed by atoms with Crippen molar-refractivity contribution in [1.82, 2.24) is 0 Å². The van der Waals surface area contributed by atoms with Gasteiger partial charge in [-0.3, -0.25) is 0 Å². The van der Waals surface area contributed by atoms with Crippen molar-refractivity contribution in [3.05, 3.63) is 107 Å². The first-order valence-corrected chi connectivity index (χ1v) is 18.2. The number of halogens is 2. The average Bonchev–Trinajstić information content (AvgIpc) is 3.33. The minimum atomic E-state index is -0.0183.